The predicted molar refractivity (Wildman–Crippen MR) is 241 cm³/mol. The number of carbonyl (C=O) groups excluding carboxylic acids is 9. The summed E-state index contributed by atoms with van der Waals surface area (Å²) in [7, 11) is 1.22. The zero-order valence-corrected chi connectivity index (χ0v) is 41.2. The molecule has 0 unspecified atom stereocenters. The lowest BCUT2D eigenvalue weighted by Gasteiger charge is -2.32. The van der Waals surface area contributed by atoms with Crippen molar-refractivity contribution in [1.29, 1.82) is 0 Å². The fraction of sp³-hybridized carbons (Fsp3) is 0.800. The highest BCUT2D eigenvalue weighted by Crippen LogP contribution is 2.21. The van der Waals surface area contributed by atoms with Crippen LogP contribution in [0, 0.1) is 35.5 Å². The van der Waals surface area contributed by atoms with E-state index in [0.717, 1.165) is 0 Å². The molecule has 0 aromatic rings. The molecule has 0 radical (unpaired) electrons. The topological polar surface area (TPSA) is 260 Å². The zero-order valence-electron chi connectivity index (χ0n) is 41.2. The molecule has 1 rings (SSSR count). The molecular formula is C45H80N8O11. The van der Waals surface area contributed by atoms with Gasteiger partial charge in [0.1, 0.15) is 47.9 Å². The van der Waals surface area contributed by atoms with E-state index in [2.05, 4.69) is 37.2 Å². The van der Waals surface area contributed by atoms with Gasteiger partial charge in [-0.3, -0.25) is 33.6 Å². The number of carbonyl (C=O) groups is 9. The molecule has 64 heavy (non-hydrogen) atoms. The van der Waals surface area contributed by atoms with Gasteiger partial charge in [0.25, 0.3) is 0 Å². The van der Waals surface area contributed by atoms with Gasteiger partial charge >= 0.3 is 12.1 Å². The molecule has 0 aromatic carbocycles. The summed E-state index contributed by atoms with van der Waals surface area (Å²) in [6.07, 6.45) is 0.502. The Morgan fingerprint density at radius 2 is 1.00 bits per heavy atom. The Balaban J connectivity index is 3.10. The lowest BCUT2D eigenvalue weighted by Crippen LogP contribution is -2.60. The molecule has 1 aliphatic heterocycles. The summed E-state index contributed by atoms with van der Waals surface area (Å²) in [4.78, 5) is 121. The first kappa shape index (κ1) is 57.0. The molecule has 7 atom stereocenters. The van der Waals surface area contributed by atoms with Crippen LogP contribution in [0.25, 0.3) is 0 Å². The first-order chi connectivity index (χ1) is 29.5. The Morgan fingerprint density at radius 3 is 1.41 bits per heavy atom. The molecule has 19 heteroatoms. The first-order valence-corrected chi connectivity index (χ1v) is 22.7. The maximum atomic E-state index is 14.1. The molecule has 8 amide bonds. The Labute approximate surface area is 380 Å². The highest BCUT2D eigenvalue weighted by atomic mass is 16.6. The van der Waals surface area contributed by atoms with E-state index in [0.29, 0.717) is 12.8 Å². The minimum absolute atomic E-state index is 0.0114. The monoisotopic (exact) mass is 909 g/mol. The summed E-state index contributed by atoms with van der Waals surface area (Å²) in [5, 5.41) is 18.8. The second-order valence-electron chi connectivity index (χ2n) is 19.9. The van der Waals surface area contributed by atoms with Crippen LogP contribution in [0.4, 0.5) is 4.79 Å². The number of rotatable bonds is 23. The number of amides is 8. The number of hydrogen-bond donors (Lipinski definition) is 7. The van der Waals surface area contributed by atoms with Crippen molar-refractivity contribution < 1.29 is 52.6 Å². The maximum Gasteiger partial charge on any atom is 0.408 e. The third-order valence-corrected chi connectivity index (χ3v) is 10.5. The highest BCUT2D eigenvalue weighted by molar-refractivity contribution is 5.97. The number of hydrogen-bond acceptors (Lipinski definition) is 11. The van der Waals surface area contributed by atoms with Crippen molar-refractivity contribution in [2.24, 2.45) is 35.5 Å². The summed E-state index contributed by atoms with van der Waals surface area (Å²) in [6, 6.07) is -7.14. The Morgan fingerprint density at radius 1 is 0.578 bits per heavy atom. The molecular weight excluding hydrogens is 829 g/mol. The van der Waals surface area contributed by atoms with Crippen LogP contribution in [-0.4, -0.2) is 126 Å². The van der Waals surface area contributed by atoms with E-state index in [1.165, 1.54) is 12.0 Å². The fourth-order valence-electron chi connectivity index (χ4n) is 7.07. The van der Waals surface area contributed by atoms with Crippen molar-refractivity contribution in [3.05, 3.63) is 0 Å². The molecule has 0 aromatic heterocycles. The van der Waals surface area contributed by atoms with Gasteiger partial charge in [-0.1, -0.05) is 83.1 Å². The van der Waals surface area contributed by atoms with Crippen LogP contribution in [0.5, 0.6) is 0 Å². The van der Waals surface area contributed by atoms with Crippen molar-refractivity contribution >= 4 is 53.4 Å². The van der Waals surface area contributed by atoms with Gasteiger partial charge in [-0.15, -0.1) is 0 Å². The van der Waals surface area contributed by atoms with Gasteiger partial charge in [-0.05, 0) is 82.0 Å². The van der Waals surface area contributed by atoms with Crippen LogP contribution in [-0.2, 0) is 47.8 Å². The van der Waals surface area contributed by atoms with E-state index in [-0.39, 0.29) is 43.1 Å². The van der Waals surface area contributed by atoms with Crippen molar-refractivity contribution in [1.82, 2.24) is 42.1 Å². The van der Waals surface area contributed by atoms with Crippen molar-refractivity contribution in [3.8, 4) is 0 Å². The van der Waals surface area contributed by atoms with E-state index in [9.17, 15) is 43.2 Å². The highest BCUT2D eigenvalue weighted by Gasteiger charge is 2.41. The van der Waals surface area contributed by atoms with Gasteiger partial charge in [0, 0.05) is 6.54 Å². The molecule has 0 spiro atoms. The molecule has 0 bridgehead atoms. The molecule has 7 N–H and O–H groups in total. The number of esters is 1. The number of likely N-dealkylation sites (tertiary alicyclic amines) is 1. The molecule has 0 saturated carbocycles. The Bertz CT molecular complexity index is 1620. The van der Waals surface area contributed by atoms with Gasteiger partial charge in [0.2, 0.25) is 41.4 Å². The minimum Gasteiger partial charge on any atom is -0.467 e. The van der Waals surface area contributed by atoms with Gasteiger partial charge in [0.15, 0.2) is 0 Å². The molecule has 366 valence electrons. The third kappa shape index (κ3) is 19.0. The average Bonchev–Trinajstić information content (AvgIpc) is 3.66. The summed E-state index contributed by atoms with van der Waals surface area (Å²) in [5.41, 5.74) is -0.795. The molecule has 1 heterocycles. The smallest absolute Gasteiger partial charge is 0.408 e. The summed E-state index contributed by atoms with van der Waals surface area (Å²) >= 11 is 0. The standard InChI is InChI=1S/C45H80N8O11/c1-23(2)20-29(37(55)49-34(26(7)8)41(59)52-36(28(11)12)43(61)63-16)47-32(54)22-46-39(57)31-18-17-19-53(31)42(60)35(27(9)10)51-40(58)33(25(5)6)50-38(56)30(21-24(3)4)48-44(62)64-45(13,14)15/h23-31,33-36H,17-22H2,1-16H3,(H,46,57)(H,47,54)(H,48,62)(H,49,55)(H,50,56)(H,51,58)(H,52,59)/t29-,30-,31-,33-,34-,35-,36-/m0/s1. The lowest BCUT2D eigenvalue weighted by atomic mass is 9.98. The number of nitrogens with one attached hydrogen (secondary N) is 7. The maximum absolute atomic E-state index is 14.1. The second kappa shape index (κ2) is 26.1. The van der Waals surface area contributed by atoms with Gasteiger partial charge in [0.05, 0.1) is 13.7 Å². The zero-order chi connectivity index (χ0) is 49.4. The minimum atomic E-state index is -1.08. The summed E-state index contributed by atoms with van der Waals surface area (Å²) in [5.74, 6) is -6.36. The molecule has 19 nitrogen and oxygen atoms in total. The van der Waals surface area contributed by atoms with Gasteiger partial charge in [-0.2, -0.15) is 0 Å². The Hall–Kier alpha value is -4.97. The molecule has 1 fully saturated rings. The van der Waals surface area contributed by atoms with Crippen molar-refractivity contribution in [3.63, 3.8) is 0 Å². The largest absolute Gasteiger partial charge is 0.467 e. The summed E-state index contributed by atoms with van der Waals surface area (Å²) in [6.45, 7) is 26.2. The van der Waals surface area contributed by atoms with Crippen molar-refractivity contribution in [2.45, 2.75) is 177 Å². The average molecular weight is 909 g/mol. The number of ether oxygens (including phenoxy) is 2. The Kier molecular flexibility index (Phi) is 23.3. The lowest BCUT2D eigenvalue weighted by molar-refractivity contribution is -0.147. The fourth-order valence-corrected chi connectivity index (χ4v) is 7.07. The molecule has 0 aliphatic carbocycles. The molecule has 1 aliphatic rings. The van der Waals surface area contributed by atoms with E-state index in [1.807, 2.05) is 27.7 Å². The predicted octanol–water partition coefficient (Wildman–Crippen LogP) is 2.30. The van der Waals surface area contributed by atoms with E-state index in [1.54, 1.807) is 76.2 Å². The SMILES string of the molecule is COC(=O)[C@@H](NC(=O)[C@@H](NC(=O)[C@H](CC(C)C)NC(=O)CNC(=O)[C@@H]1CCCN1C(=O)[C@@H](NC(=O)[C@@H](NC(=O)[C@H](CC(C)C)NC(=O)OC(C)(C)C)C(C)C)C(C)C)C(C)C)C(C)C. The first-order valence-electron chi connectivity index (χ1n) is 22.7. The normalized spacial score (nSPS) is 17.0. The molecule has 1 saturated heterocycles. The quantitative estimate of drug-likeness (QED) is 0.0732. The van der Waals surface area contributed by atoms with Gasteiger partial charge < -0.3 is 51.6 Å². The van der Waals surface area contributed by atoms with Crippen LogP contribution < -0.4 is 37.2 Å². The number of nitrogens with zero attached hydrogens (tertiary/aromatic N) is 1. The number of methoxy groups -OCH3 is 1. The van der Waals surface area contributed by atoms with E-state index in [4.69, 9.17) is 9.47 Å². The van der Waals surface area contributed by atoms with Gasteiger partial charge in [-0.25, -0.2) is 9.59 Å². The number of alkyl carbamates (subject to hydrolysis) is 1. The van der Waals surface area contributed by atoms with Crippen LogP contribution in [0.15, 0.2) is 0 Å². The van der Waals surface area contributed by atoms with Crippen LogP contribution in [0.2, 0.25) is 0 Å². The summed E-state index contributed by atoms with van der Waals surface area (Å²) < 4.78 is 10.2. The van der Waals surface area contributed by atoms with Crippen LogP contribution >= 0.6 is 0 Å². The van der Waals surface area contributed by atoms with Crippen LogP contribution in [0.3, 0.4) is 0 Å². The second-order valence-corrected chi connectivity index (χ2v) is 19.9. The van der Waals surface area contributed by atoms with E-state index < -0.39 is 120 Å². The van der Waals surface area contributed by atoms with Crippen LogP contribution in [0.1, 0.15) is 130 Å². The third-order valence-electron chi connectivity index (χ3n) is 10.5. The van der Waals surface area contributed by atoms with Crippen molar-refractivity contribution in [2.75, 3.05) is 20.2 Å². The van der Waals surface area contributed by atoms with E-state index >= 15 is 0 Å².